The minimum absolute atomic E-state index is 0.124. The fourth-order valence-electron chi connectivity index (χ4n) is 2.70. The van der Waals surface area contributed by atoms with Gasteiger partial charge in [-0.2, -0.15) is 0 Å². The Bertz CT molecular complexity index is 617. The summed E-state index contributed by atoms with van der Waals surface area (Å²) in [6.07, 6.45) is 2.53. The first-order valence-corrected chi connectivity index (χ1v) is 7.24. The molecule has 1 unspecified atom stereocenters. The first-order chi connectivity index (χ1) is 10.1. The second kappa shape index (κ2) is 5.60. The Hall–Kier alpha value is -2.30. The Morgan fingerprint density at radius 3 is 2.90 bits per heavy atom. The molecule has 1 atom stereocenters. The van der Waals surface area contributed by atoms with Crippen molar-refractivity contribution in [1.29, 1.82) is 0 Å². The number of nitrogens with one attached hydrogen (secondary N) is 1. The smallest absolute Gasteiger partial charge is 0.135 e. The standard InChI is InChI=1S/C16H20N4O/c1-10(2)14-15(17)19-9-20-16(14)18-8-12-7-11-5-3-4-6-13(11)21-12/h3-6,9-10,12H,7-8H2,1-2H3,(H3,17,18,19,20). The highest BCUT2D eigenvalue weighted by Gasteiger charge is 2.23. The molecule has 3 N–H and O–H groups in total. The molecule has 21 heavy (non-hydrogen) atoms. The minimum atomic E-state index is 0.124. The zero-order chi connectivity index (χ0) is 14.8. The van der Waals surface area contributed by atoms with Crippen LogP contribution in [0.25, 0.3) is 0 Å². The molecule has 5 nitrogen and oxygen atoms in total. The number of aromatic nitrogens is 2. The van der Waals surface area contributed by atoms with Crippen LogP contribution < -0.4 is 15.8 Å². The first-order valence-electron chi connectivity index (χ1n) is 7.24. The van der Waals surface area contributed by atoms with E-state index in [9.17, 15) is 0 Å². The van der Waals surface area contributed by atoms with Crippen LogP contribution in [-0.2, 0) is 6.42 Å². The summed E-state index contributed by atoms with van der Waals surface area (Å²) < 4.78 is 5.92. The fraction of sp³-hybridized carbons (Fsp3) is 0.375. The van der Waals surface area contributed by atoms with Gasteiger partial charge < -0.3 is 15.8 Å². The van der Waals surface area contributed by atoms with E-state index >= 15 is 0 Å². The summed E-state index contributed by atoms with van der Waals surface area (Å²) in [5.41, 5.74) is 8.18. The number of nitrogen functional groups attached to an aromatic ring is 1. The van der Waals surface area contributed by atoms with E-state index < -0.39 is 0 Å². The van der Waals surface area contributed by atoms with Crippen molar-refractivity contribution >= 4 is 11.6 Å². The van der Waals surface area contributed by atoms with Crippen LogP contribution in [0.4, 0.5) is 11.6 Å². The van der Waals surface area contributed by atoms with Gasteiger partial charge in [-0.05, 0) is 17.5 Å². The van der Waals surface area contributed by atoms with Crippen molar-refractivity contribution in [3.05, 3.63) is 41.7 Å². The largest absolute Gasteiger partial charge is 0.488 e. The third kappa shape index (κ3) is 2.77. The number of anilines is 2. The van der Waals surface area contributed by atoms with E-state index in [1.807, 2.05) is 18.2 Å². The van der Waals surface area contributed by atoms with Gasteiger partial charge in [-0.3, -0.25) is 0 Å². The van der Waals surface area contributed by atoms with Crippen molar-refractivity contribution in [2.75, 3.05) is 17.6 Å². The molecule has 5 heteroatoms. The fourth-order valence-corrected chi connectivity index (χ4v) is 2.70. The molecule has 2 heterocycles. The molecule has 0 spiro atoms. The van der Waals surface area contributed by atoms with Crippen LogP contribution in [0.1, 0.15) is 30.9 Å². The van der Waals surface area contributed by atoms with Gasteiger partial charge in [0.25, 0.3) is 0 Å². The molecule has 2 aromatic rings. The first kappa shape index (κ1) is 13.7. The molecular formula is C16H20N4O. The average Bonchev–Trinajstić information content (AvgIpc) is 2.87. The van der Waals surface area contributed by atoms with Crippen LogP contribution in [0.3, 0.4) is 0 Å². The van der Waals surface area contributed by atoms with E-state index in [0.717, 1.165) is 23.6 Å². The van der Waals surface area contributed by atoms with E-state index in [-0.39, 0.29) is 12.0 Å². The monoisotopic (exact) mass is 284 g/mol. The lowest BCUT2D eigenvalue weighted by Gasteiger charge is -2.17. The zero-order valence-corrected chi connectivity index (χ0v) is 12.3. The number of hydrogen-bond acceptors (Lipinski definition) is 5. The predicted octanol–water partition coefficient (Wildman–Crippen LogP) is 2.60. The van der Waals surface area contributed by atoms with Crippen molar-refractivity contribution in [3.63, 3.8) is 0 Å². The van der Waals surface area contributed by atoms with Gasteiger partial charge in [0.15, 0.2) is 0 Å². The Balaban J connectivity index is 1.69. The van der Waals surface area contributed by atoms with Gasteiger partial charge in [0.1, 0.15) is 29.8 Å². The molecule has 0 saturated carbocycles. The quantitative estimate of drug-likeness (QED) is 0.902. The maximum Gasteiger partial charge on any atom is 0.135 e. The number of nitrogens with zero attached hydrogens (tertiary/aromatic N) is 2. The van der Waals surface area contributed by atoms with Gasteiger partial charge in [0, 0.05) is 12.0 Å². The molecule has 0 bridgehead atoms. The summed E-state index contributed by atoms with van der Waals surface area (Å²) in [6, 6.07) is 8.16. The van der Waals surface area contributed by atoms with E-state index in [1.54, 1.807) is 0 Å². The van der Waals surface area contributed by atoms with Crippen molar-refractivity contribution in [3.8, 4) is 5.75 Å². The second-order valence-corrected chi connectivity index (χ2v) is 5.61. The molecule has 0 radical (unpaired) electrons. The summed E-state index contributed by atoms with van der Waals surface area (Å²) >= 11 is 0. The Labute approximate surface area is 124 Å². The highest BCUT2D eigenvalue weighted by molar-refractivity contribution is 5.56. The van der Waals surface area contributed by atoms with Crippen LogP contribution in [-0.4, -0.2) is 22.6 Å². The summed E-state index contributed by atoms with van der Waals surface area (Å²) in [7, 11) is 0. The van der Waals surface area contributed by atoms with Gasteiger partial charge in [-0.1, -0.05) is 32.0 Å². The van der Waals surface area contributed by atoms with Crippen LogP contribution >= 0.6 is 0 Å². The van der Waals surface area contributed by atoms with Gasteiger partial charge in [0.05, 0.1) is 6.54 Å². The van der Waals surface area contributed by atoms with Gasteiger partial charge in [-0.25, -0.2) is 9.97 Å². The van der Waals surface area contributed by atoms with Crippen LogP contribution in [0.15, 0.2) is 30.6 Å². The molecule has 0 saturated heterocycles. The molecule has 0 aliphatic carbocycles. The zero-order valence-electron chi connectivity index (χ0n) is 12.3. The second-order valence-electron chi connectivity index (χ2n) is 5.61. The lowest BCUT2D eigenvalue weighted by atomic mass is 10.0. The van der Waals surface area contributed by atoms with Crippen LogP contribution in [0.5, 0.6) is 5.75 Å². The number of benzene rings is 1. The van der Waals surface area contributed by atoms with Crippen molar-refractivity contribution in [2.24, 2.45) is 0 Å². The number of fused-ring (bicyclic) bond motifs is 1. The molecule has 1 aromatic carbocycles. The molecule has 110 valence electrons. The van der Waals surface area contributed by atoms with E-state index in [0.29, 0.717) is 12.4 Å². The summed E-state index contributed by atoms with van der Waals surface area (Å²) in [6.45, 7) is 4.87. The maximum absolute atomic E-state index is 5.95. The Morgan fingerprint density at radius 2 is 2.14 bits per heavy atom. The van der Waals surface area contributed by atoms with E-state index in [2.05, 4.69) is 35.2 Å². The highest BCUT2D eigenvalue weighted by Crippen LogP contribution is 2.29. The molecule has 1 aliphatic heterocycles. The molecule has 3 rings (SSSR count). The third-order valence-corrected chi connectivity index (χ3v) is 3.70. The van der Waals surface area contributed by atoms with Crippen LogP contribution in [0.2, 0.25) is 0 Å². The molecule has 0 amide bonds. The number of para-hydroxylation sites is 1. The number of nitrogens with two attached hydrogens (primary N) is 1. The van der Waals surface area contributed by atoms with Crippen molar-refractivity contribution in [1.82, 2.24) is 9.97 Å². The average molecular weight is 284 g/mol. The third-order valence-electron chi connectivity index (χ3n) is 3.70. The van der Waals surface area contributed by atoms with E-state index in [1.165, 1.54) is 11.9 Å². The lowest BCUT2D eigenvalue weighted by Crippen LogP contribution is -2.25. The van der Waals surface area contributed by atoms with Crippen LogP contribution in [0, 0.1) is 0 Å². The number of hydrogen-bond donors (Lipinski definition) is 2. The molecule has 0 fully saturated rings. The summed E-state index contributed by atoms with van der Waals surface area (Å²) in [4.78, 5) is 8.38. The Morgan fingerprint density at radius 1 is 1.33 bits per heavy atom. The molecule has 1 aromatic heterocycles. The SMILES string of the molecule is CC(C)c1c(N)ncnc1NCC1Cc2ccccc2O1. The predicted molar refractivity (Wildman–Crippen MR) is 83.6 cm³/mol. The maximum atomic E-state index is 5.95. The number of ether oxygens (including phenoxy) is 1. The normalized spacial score (nSPS) is 16.6. The Kier molecular flexibility index (Phi) is 3.64. The topological polar surface area (TPSA) is 73.1 Å². The lowest BCUT2D eigenvalue weighted by molar-refractivity contribution is 0.246. The molecular weight excluding hydrogens is 264 g/mol. The molecule has 1 aliphatic rings. The van der Waals surface area contributed by atoms with E-state index in [4.69, 9.17) is 10.5 Å². The van der Waals surface area contributed by atoms with Gasteiger partial charge >= 0.3 is 0 Å². The van der Waals surface area contributed by atoms with Gasteiger partial charge in [-0.15, -0.1) is 0 Å². The van der Waals surface area contributed by atoms with Crippen molar-refractivity contribution < 1.29 is 4.74 Å². The minimum Gasteiger partial charge on any atom is -0.488 e. The summed E-state index contributed by atoms with van der Waals surface area (Å²) in [5, 5.41) is 3.36. The highest BCUT2D eigenvalue weighted by atomic mass is 16.5. The van der Waals surface area contributed by atoms with Gasteiger partial charge in [0.2, 0.25) is 0 Å². The number of rotatable bonds is 4. The summed E-state index contributed by atoms with van der Waals surface area (Å²) in [5.74, 6) is 2.60. The van der Waals surface area contributed by atoms with Crippen molar-refractivity contribution in [2.45, 2.75) is 32.3 Å².